The molecule has 1 heterocycles. The van der Waals surface area contributed by atoms with Crippen LogP contribution in [-0.2, 0) is 4.74 Å². The van der Waals surface area contributed by atoms with Gasteiger partial charge in [0.1, 0.15) is 5.44 Å². The molecule has 0 saturated carbocycles. The molecule has 0 radical (unpaired) electrons. The van der Waals surface area contributed by atoms with Crippen LogP contribution in [0.1, 0.15) is 49.1 Å². The van der Waals surface area contributed by atoms with Crippen LogP contribution in [0, 0.1) is 0 Å². The van der Waals surface area contributed by atoms with E-state index in [0.717, 1.165) is 23.5 Å². The molecule has 0 bridgehead atoms. The highest BCUT2D eigenvalue weighted by Gasteiger charge is 2.28. The molecule has 1 aromatic rings. The lowest BCUT2D eigenvalue weighted by Gasteiger charge is -2.31. The molecule has 0 aliphatic carbocycles. The van der Waals surface area contributed by atoms with Crippen molar-refractivity contribution in [1.82, 2.24) is 4.90 Å². The molecule has 1 aliphatic rings. The molecule has 1 unspecified atom stereocenters. The lowest BCUT2D eigenvalue weighted by molar-refractivity contribution is 0.0637. The third-order valence-corrected chi connectivity index (χ3v) is 4.51. The lowest BCUT2D eigenvalue weighted by Crippen LogP contribution is -2.42. The summed E-state index contributed by atoms with van der Waals surface area (Å²) in [5, 5.41) is 0. The molecule has 4 heteroatoms. The summed E-state index contributed by atoms with van der Waals surface area (Å²) in [6.07, 6.45) is 0. The number of nitrogens with zero attached hydrogens (tertiary/aromatic N) is 1. The topological polar surface area (TPSA) is 29.5 Å². The Morgan fingerprint density at radius 3 is 2.45 bits per heavy atom. The van der Waals surface area contributed by atoms with E-state index in [-0.39, 0.29) is 23.4 Å². The number of carbonyl (C=O) groups is 1. The summed E-state index contributed by atoms with van der Waals surface area (Å²) in [7, 11) is 0. The molecule has 2 rings (SSSR count). The van der Waals surface area contributed by atoms with Crippen molar-refractivity contribution in [2.24, 2.45) is 0 Å². The van der Waals surface area contributed by atoms with Gasteiger partial charge in [0.25, 0.3) is 5.91 Å². The Kier molecular flexibility index (Phi) is 5.11. The molecule has 0 aromatic heterocycles. The Labute approximate surface area is 125 Å². The van der Waals surface area contributed by atoms with Gasteiger partial charge < -0.3 is 9.64 Å². The Bertz CT molecular complexity index is 459. The average molecular weight is 293 g/mol. The van der Waals surface area contributed by atoms with Crippen molar-refractivity contribution in [3.63, 3.8) is 0 Å². The molecule has 110 valence electrons. The minimum atomic E-state index is -0.00340. The first-order chi connectivity index (χ1) is 9.52. The van der Waals surface area contributed by atoms with E-state index in [9.17, 15) is 4.79 Å². The summed E-state index contributed by atoms with van der Waals surface area (Å²) in [6, 6.07) is 8.20. The number of amides is 1. The normalized spacial score (nSPS) is 18.8. The summed E-state index contributed by atoms with van der Waals surface area (Å²) in [6.45, 7) is 8.99. The third-order valence-electron chi connectivity index (χ3n) is 3.41. The van der Waals surface area contributed by atoms with E-state index < -0.39 is 0 Å². The molecular formula is C16H23NO2S. The number of carbonyl (C=O) groups excluding carboxylic acids is 1. The maximum absolute atomic E-state index is 12.9. The summed E-state index contributed by atoms with van der Waals surface area (Å²) in [5.74, 6) is 1.09. The quantitative estimate of drug-likeness (QED) is 0.847. The number of hydrogen-bond donors (Lipinski definition) is 0. The summed E-state index contributed by atoms with van der Waals surface area (Å²) >= 11 is 1.76. The predicted octanol–water partition coefficient (Wildman–Crippen LogP) is 3.71. The number of thioether (sulfide) groups is 1. The van der Waals surface area contributed by atoms with Crippen molar-refractivity contribution in [2.45, 2.75) is 45.2 Å². The van der Waals surface area contributed by atoms with Gasteiger partial charge in [0.15, 0.2) is 0 Å². The molecule has 3 nitrogen and oxygen atoms in total. The fourth-order valence-corrected chi connectivity index (χ4v) is 3.62. The predicted molar refractivity (Wildman–Crippen MR) is 84.0 cm³/mol. The first-order valence-corrected chi connectivity index (χ1v) is 8.22. The molecule has 0 spiro atoms. The Hall–Kier alpha value is -1.00. The van der Waals surface area contributed by atoms with E-state index >= 15 is 0 Å². The highest BCUT2D eigenvalue weighted by molar-refractivity contribution is 7.99. The van der Waals surface area contributed by atoms with Crippen molar-refractivity contribution in [2.75, 3.05) is 12.4 Å². The van der Waals surface area contributed by atoms with Crippen LogP contribution in [0.3, 0.4) is 0 Å². The maximum atomic E-state index is 12.9. The van der Waals surface area contributed by atoms with Gasteiger partial charge in [-0.1, -0.05) is 18.2 Å². The van der Waals surface area contributed by atoms with Crippen LogP contribution >= 0.6 is 11.8 Å². The van der Waals surface area contributed by atoms with E-state index in [1.54, 1.807) is 11.8 Å². The van der Waals surface area contributed by atoms with Gasteiger partial charge in [-0.25, -0.2) is 0 Å². The number of ether oxygens (including phenoxy) is 1. The minimum Gasteiger partial charge on any atom is -0.362 e. The molecule has 1 aliphatic heterocycles. The van der Waals surface area contributed by atoms with Gasteiger partial charge in [-0.3, -0.25) is 4.79 Å². The zero-order valence-electron chi connectivity index (χ0n) is 12.6. The largest absolute Gasteiger partial charge is 0.362 e. The fourth-order valence-electron chi connectivity index (χ4n) is 2.64. The summed E-state index contributed by atoms with van der Waals surface area (Å²) in [5.41, 5.74) is 1.77. The summed E-state index contributed by atoms with van der Waals surface area (Å²) in [4.78, 5) is 14.8. The standard InChI is InChI=1S/C16H23NO2S/c1-11(2)17(12(3)4)15(18)13-7-5-6-8-14(13)16-19-9-10-20-16/h5-8,11-12,16H,9-10H2,1-4H3. The first-order valence-electron chi connectivity index (χ1n) is 7.17. The van der Waals surface area contributed by atoms with Gasteiger partial charge in [0, 0.05) is 29.0 Å². The summed E-state index contributed by atoms with van der Waals surface area (Å²) < 4.78 is 5.72. The zero-order chi connectivity index (χ0) is 14.7. The Morgan fingerprint density at radius 2 is 1.90 bits per heavy atom. The van der Waals surface area contributed by atoms with E-state index in [2.05, 4.69) is 27.7 Å². The molecule has 1 fully saturated rings. The van der Waals surface area contributed by atoms with Gasteiger partial charge in [-0.2, -0.15) is 0 Å². The van der Waals surface area contributed by atoms with Crippen LogP contribution in [0.25, 0.3) is 0 Å². The van der Waals surface area contributed by atoms with Crippen molar-refractivity contribution < 1.29 is 9.53 Å². The van der Waals surface area contributed by atoms with Crippen LogP contribution in [0.15, 0.2) is 24.3 Å². The zero-order valence-corrected chi connectivity index (χ0v) is 13.4. The molecule has 1 atom stereocenters. The van der Waals surface area contributed by atoms with Gasteiger partial charge in [0.2, 0.25) is 0 Å². The molecule has 1 saturated heterocycles. The van der Waals surface area contributed by atoms with Crippen LogP contribution in [0.4, 0.5) is 0 Å². The van der Waals surface area contributed by atoms with Crippen molar-refractivity contribution in [3.05, 3.63) is 35.4 Å². The fraction of sp³-hybridized carbons (Fsp3) is 0.562. The molecule has 1 amide bonds. The SMILES string of the molecule is CC(C)N(C(=O)c1ccccc1C1OCCS1)C(C)C. The van der Waals surface area contributed by atoms with E-state index in [1.165, 1.54) is 0 Å². The van der Waals surface area contributed by atoms with Crippen molar-refractivity contribution in [3.8, 4) is 0 Å². The second-order valence-electron chi connectivity index (χ2n) is 5.56. The minimum absolute atomic E-state index is 0.00340. The number of hydrogen-bond acceptors (Lipinski definition) is 3. The van der Waals surface area contributed by atoms with Crippen molar-refractivity contribution in [1.29, 1.82) is 0 Å². The van der Waals surface area contributed by atoms with Gasteiger partial charge in [-0.05, 0) is 33.8 Å². The van der Waals surface area contributed by atoms with Gasteiger partial charge >= 0.3 is 0 Å². The van der Waals surface area contributed by atoms with Crippen LogP contribution < -0.4 is 0 Å². The second kappa shape index (κ2) is 6.64. The highest BCUT2D eigenvalue weighted by Crippen LogP contribution is 2.37. The van der Waals surface area contributed by atoms with Crippen LogP contribution in [-0.4, -0.2) is 35.3 Å². The van der Waals surface area contributed by atoms with Gasteiger partial charge in [0.05, 0.1) is 6.61 Å². The van der Waals surface area contributed by atoms with Crippen molar-refractivity contribution >= 4 is 17.7 Å². The molecular weight excluding hydrogens is 270 g/mol. The lowest BCUT2D eigenvalue weighted by atomic mass is 10.0. The van der Waals surface area contributed by atoms with Crippen LogP contribution in [0.2, 0.25) is 0 Å². The third kappa shape index (κ3) is 3.18. The number of rotatable bonds is 4. The molecule has 0 N–H and O–H groups in total. The first kappa shape index (κ1) is 15.4. The van der Waals surface area contributed by atoms with E-state index in [0.29, 0.717) is 0 Å². The van der Waals surface area contributed by atoms with Gasteiger partial charge in [-0.15, -0.1) is 11.8 Å². The van der Waals surface area contributed by atoms with Crippen LogP contribution in [0.5, 0.6) is 0 Å². The Balaban J connectivity index is 2.33. The number of benzene rings is 1. The Morgan fingerprint density at radius 1 is 1.25 bits per heavy atom. The maximum Gasteiger partial charge on any atom is 0.254 e. The van der Waals surface area contributed by atoms with E-state index in [1.807, 2.05) is 29.2 Å². The second-order valence-corrected chi connectivity index (χ2v) is 6.73. The average Bonchev–Trinajstić information content (AvgIpc) is 2.91. The van der Waals surface area contributed by atoms with E-state index in [4.69, 9.17) is 4.74 Å². The monoisotopic (exact) mass is 293 g/mol. The smallest absolute Gasteiger partial charge is 0.254 e. The highest BCUT2D eigenvalue weighted by atomic mass is 32.2. The molecule has 1 aromatic carbocycles. The molecule has 20 heavy (non-hydrogen) atoms.